The molecule has 0 N–H and O–H groups in total. The number of thiophene rings is 1. The van der Waals surface area contributed by atoms with Crippen molar-refractivity contribution in [2.75, 3.05) is 0 Å². The zero-order valence-electron chi connectivity index (χ0n) is 23.4. The number of pyridine rings is 2. The first-order valence-corrected chi connectivity index (χ1v) is 16.0. The van der Waals surface area contributed by atoms with Crippen LogP contribution in [0.5, 0.6) is 0 Å². The standard InChI is InChI=1S/C32H16F6N6S3/c33-31(34,35)19-7-1-5-17(15-19)21-9-3-11-23(39-21)27-41-43-29(46-27)25-13-14-26(45-25)30-44-42-28(47-30)24-12-4-10-22(40-24)18-6-2-8-20(16-18)32(36,37)38/h1-16H. The molecule has 5 aromatic heterocycles. The summed E-state index contributed by atoms with van der Waals surface area (Å²) in [5, 5.41) is 19.4. The second-order valence-electron chi connectivity index (χ2n) is 9.96. The van der Waals surface area contributed by atoms with E-state index in [0.717, 1.165) is 34.0 Å². The third-order valence-electron chi connectivity index (χ3n) is 6.79. The van der Waals surface area contributed by atoms with E-state index >= 15 is 0 Å². The Bertz CT molecular complexity index is 2070. The lowest BCUT2D eigenvalue weighted by Crippen LogP contribution is -2.04. The first kappa shape index (κ1) is 30.8. The highest BCUT2D eigenvalue weighted by Gasteiger charge is 2.31. The average molecular weight is 695 g/mol. The highest BCUT2D eigenvalue weighted by atomic mass is 32.1. The molecule has 7 rings (SSSR count). The van der Waals surface area contributed by atoms with Gasteiger partial charge in [-0.05, 0) is 60.7 Å². The molecule has 0 radical (unpaired) electrons. The van der Waals surface area contributed by atoms with Gasteiger partial charge in [0.2, 0.25) is 0 Å². The van der Waals surface area contributed by atoms with E-state index in [2.05, 4.69) is 30.4 Å². The minimum Gasteiger partial charge on any atom is -0.245 e. The Labute approximate surface area is 274 Å². The van der Waals surface area contributed by atoms with E-state index in [9.17, 15) is 26.3 Å². The number of hydrogen-bond acceptors (Lipinski definition) is 9. The quantitative estimate of drug-likeness (QED) is 0.161. The summed E-state index contributed by atoms with van der Waals surface area (Å²) in [6.07, 6.45) is -8.93. The van der Waals surface area contributed by atoms with Crippen LogP contribution in [0.3, 0.4) is 0 Å². The molecule has 0 aliphatic carbocycles. The van der Waals surface area contributed by atoms with Gasteiger partial charge in [0.1, 0.15) is 11.4 Å². The van der Waals surface area contributed by atoms with Crippen LogP contribution in [-0.4, -0.2) is 30.4 Å². The number of benzene rings is 2. The lowest BCUT2D eigenvalue weighted by Gasteiger charge is -2.08. The fourth-order valence-electron chi connectivity index (χ4n) is 4.56. The van der Waals surface area contributed by atoms with Gasteiger partial charge in [-0.15, -0.1) is 31.7 Å². The first-order valence-electron chi connectivity index (χ1n) is 13.6. The molecule has 0 atom stereocenters. The fraction of sp³-hybridized carbons (Fsp3) is 0.0625. The largest absolute Gasteiger partial charge is 0.416 e. The number of aromatic nitrogens is 6. The molecule has 0 saturated carbocycles. The van der Waals surface area contributed by atoms with E-state index in [1.807, 2.05) is 12.1 Å². The van der Waals surface area contributed by atoms with Gasteiger partial charge in [0, 0.05) is 11.1 Å². The molecule has 5 heterocycles. The molecule has 0 bridgehead atoms. The summed E-state index contributed by atoms with van der Waals surface area (Å²) >= 11 is 4.02. The maximum absolute atomic E-state index is 13.2. The van der Waals surface area contributed by atoms with E-state index in [1.54, 1.807) is 48.5 Å². The number of nitrogens with zero attached hydrogens (tertiary/aromatic N) is 6. The highest BCUT2D eigenvalue weighted by molar-refractivity contribution is 7.27. The van der Waals surface area contributed by atoms with Crippen LogP contribution < -0.4 is 0 Å². The lowest BCUT2D eigenvalue weighted by molar-refractivity contribution is -0.138. The summed E-state index contributed by atoms with van der Waals surface area (Å²) in [5.41, 5.74) is 0.888. The van der Waals surface area contributed by atoms with Crippen LogP contribution in [0.25, 0.3) is 63.7 Å². The van der Waals surface area contributed by atoms with Gasteiger partial charge in [0.15, 0.2) is 20.0 Å². The maximum atomic E-state index is 13.2. The van der Waals surface area contributed by atoms with Crippen LogP contribution in [0.2, 0.25) is 0 Å². The van der Waals surface area contributed by atoms with Crippen molar-refractivity contribution < 1.29 is 26.3 Å². The molecule has 0 unspecified atom stereocenters. The van der Waals surface area contributed by atoms with Gasteiger partial charge in [0.25, 0.3) is 0 Å². The van der Waals surface area contributed by atoms with Crippen molar-refractivity contribution >= 4 is 34.0 Å². The smallest absolute Gasteiger partial charge is 0.245 e. The summed E-state index contributed by atoms with van der Waals surface area (Å²) in [7, 11) is 0. The maximum Gasteiger partial charge on any atom is 0.416 e. The van der Waals surface area contributed by atoms with E-state index in [0.29, 0.717) is 53.9 Å². The van der Waals surface area contributed by atoms with Crippen molar-refractivity contribution in [3.63, 3.8) is 0 Å². The molecule has 15 heteroatoms. The number of alkyl halides is 6. The first-order chi connectivity index (χ1) is 22.5. The SMILES string of the molecule is FC(F)(F)c1cccc(-c2cccc(-c3nnc(-c4ccc(-c5nnc(-c6cccc(-c7cccc(C(F)(F)F)c7)n6)s5)s4)s3)n2)c1. The van der Waals surface area contributed by atoms with Gasteiger partial charge in [0.05, 0.1) is 32.3 Å². The highest BCUT2D eigenvalue weighted by Crippen LogP contribution is 2.40. The monoisotopic (exact) mass is 694 g/mol. The van der Waals surface area contributed by atoms with Gasteiger partial charge in [-0.3, -0.25) is 0 Å². The van der Waals surface area contributed by atoms with Crippen molar-refractivity contribution in [3.8, 4) is 63.7 Å². The number of halogens is 6. The fourth-order valence-corrected chi connectivity index (χ4v) is 7.29. The molecule has 2 aromatic carbocycles. The normalized spacial score (nSPS) is 12.0. The van der Waals surface area contributed by atoms with Crippen molar-refractivity contribution in [3.05, 3.63) is 108 Å². The Morgan fingerprint density at radius 2 is 0.787 bits per heavy atom. The van der Waals surface area contributed by atoms with Crippen LogP contribution >= 0.6 is 34.0 Å². The minimum absolute atomic E-state index is 0.336. The van der Waals surface area contributed by atoms with Gasteiger partial charge < -0.3 is 0 Å². The van der Waals surface area contributed by atoms with Gasteiger partial charge >= 0.3 is 12.4 Å². The van der Waals surface area contributed by atoms with E-state index in [-0.39, 0.29) is 0 Å². The zero-order chi connectivity index (χ0) is 32.8. The van der Waals surface area contributed by atoms with Crippen molar-refractivity contribution in [1.29, 1.82) is 0 Å². The third kappa shape index (κ3) is 6.54. The second-order valence-corrected chi connectivity index (χ2v) is 13.0. The van der Waals surface area contributed by atoms with Crippen LogP contribution in [0.15, 0.2) is 97.1 Å². The van der Waals surface area contributed by atoms with Gasteiger partial charge in [-0.25, -0.2) is 9.97 Å². The molecule has 0 saturated heterocycles. The summed E-state index contributed by atoms with van der Waals surface area (Å²) in [4.78, 5) is 10.7. The van der Waals surface area contributed by atoms with Gasteiger partial charge in [-0.1, -0.05) is 59.1 Å². The molecule has 234 valence electrons. The molecule has 0 amide bonds. The molecule has 47 heavy (non-hydrogen) atoms. The zero-order valence-corrected chi connectivity index (χ0v) is 25.9. The molecule has 0 aliphatic rings. The molecule has 6 nitrogen and oxygen atoms in total. The lowest BCUT2D eigenvalue weighted by atomic mass is 10.1. The topological polar surface area (TPSA) is 77.3 Å². The number of hydrogen-bond donors (Lipinski definition) is 0. The Hall–Kier alpha value is -4.86. The van der Waals surface area contributed by atoms with Gasteiger partial charge in [-0.2, -0.15) is 26.3 Å². The van der Waals surface area contributed by atoms with E-state index in [4.69, 9.17) is 0 Å². The Kier molecular flexibility index (Phi) is 7.90. The average Bonchev–Trinajstić information content (AvgIpc) is 3.86. The number of rotatable bonds is 6. The van der Waals surface area contributed by atoms with Crippen LogP contribution in [-0.2, 0) is 12.4 Å². The van der Waals surface area contributed by atoms with Crippen molar-refractivity contribution in [1.82, 2.24) is 30.4 Å². The van der Waals surface area contributed by atoms with Crippen molar-refractivity contribution in [2.24, 2.45) is 0 Å². The van der Waals surface area contributed by atoms with Crippen molar-refractivity contribution in [2.45, 2.75) is 12.4 Å². The summed E-state index contributed by atoms with van der Waals surface area (Å²) < 4.78 is 79.3. The summed E-state index contributed by atoms with van der Waals surface area (Å²) in [6, 6.07) is 23.9. The Morgan fingerprint density at radius 3 is 1.21 bits per heavy atom. The van der Waals surface area contributed by atoms with Crippen LogP contribution in [0, 0.1) is 0 Å². The third-order valence-corrected chi connectivity index (χ3v) is 10.1. The second kappa shape index (κ2) is 12.1. The predicted molar refractivity (Wildman–Crippen MR) is 169 cm³/mol. The Balaban J connectivity index is 1.10. The molecular weight excluding hydrogens is 679 g/mol. The predicted octanol–water partition coefficient (Wildman–Crippen LogP) is 10.3. The molecule has 0 fully saturated rings. The summed E-state index contributed by atoms with van der Waals surface area (Å²) in [5.74, 6) is 0. The summed E-state index contributed by atoms with van der Waals surface area (Å²) in [6.45, 7) is 0. The molecule has 7 aromatic rings. The minimum atomic E-state index is -4.46. The van der Waals surface area contributed by atoms with Crippen LogP contribution in [0.1, 0.15) is 11.1 Å². The van der Waals surface area contributed by atoms with E-state index in [1.165, 1.54) is 46.1 Å². The molecule has 0 aliphatic heterocycles. The Morgan fingerprint density at radius 1 is 0.404 bits per heavy atom. The molecular formula is C32H16F6N6S3. The van der Waals surface area contributed by atoms with E-state index < -0.39 is 23.5 Å². The molecule has 0 spiro atoms. The van der Waals surface area contributed by atoms with Crippen LogP contribution in [0.4, 0.5) is 26.3 Å².